The Kier molecular flexibility index (Phi) is 2.38. The van der Waals surface area contributed by atoms with Crippen molar-refractivity contribution in [3.05, 3.63) is 57.1 Å². The molecule has 0 aliphatic carbocycles. The third-order valence-corrected chi connectivity index (χ3v) is 3.22. The molecule has 0 saturated carbocycles. The zero-order chi connectivity index (χ0) is 11.7. The van der Waals surface area contributed by atoms with E-state index in [1.165, 1.54) is 4.68 Å². The predicted molar refractivity (Wildman–Crippen MR) is 69.9 cm³/mol. The summed E-state index contributed by atoms with van der Waals surface area (Å²) in [7, 11) is 0. The van der Waals surface area contributed by atoms with Crippen LogP contribution in [0.1, 0.15) is 4.88 Å². The zero-order valence-corrected chi connectivity index (χ0v) is 9.65. The number of para-hydroxylation sites is 2. The van der Waals surface area contributed by atoms with Crippen LogP contribution in [-0.4, -0.2) is 15.9 Å². The molecule has 3 rings (SSSR count). The molecule has 0 aliphatic heterocycles. The fourth-order valence-corrected chi connectivity index (χ4v) is 2.21. The van der Waals surface area contributed by atoms with Gasteiger partial charge in [-0.3, -0.25) is 0 Å². The summed E-state index contributed by atoms with van der Waals surface area (Å²) < 4.78 is 1.37. The number of H-pyrrole nitrogens is 1. The minimum Gasteiger partial charge on any atom is -0.304 e. The topological polar surface area (TPSA) is 50.1 Å². The number of hydrogen-bond acceptors (Lipinski definition) is 3. The van der Waals surface area contributed by atoms with Gasteiger partial charge in [-0.1, -0.05) is 18.2 Å². The number of nitrogens with one attached hydrogen (secondary N) is 1. The minimum absolute atomic E-state index is 0.223. The second kappa shape index (κ2) is 4.03. The van der Waals surface area contributed by atoms with Gasteiger partial charge < -0.3 is 4.98 Å². The number of nitrogens with zero attached hydrogens (tertiary/aromatic N) is 2. The minimum atomic E-state index is -0.223. The van der Waals surface area contributed by atoms with Crippen LogP contribution in [-0.2, 0) is 0 Å². The number of fused-ring (bicyclic) bond motifs is 1. The van der Waals surface area contributed by atoms with Crippen LogP contribution in [0.4, 0.5) is 0 Å². The highest BCUT2D eigenvalue weighted by Crippen LogP contribution is 2.09. The maximum absolute atomic E-state index is 11.7. The number of imidazole rings is 1. The number of aromatic amines is 1. The zero-order valence-electron chi connectivity index (χ0n) is 8.83. The third-order valence-electron chi connectivity index (χ3n) is 2.41. The molecule has 4 nitrogen and oxygen atoms in total. The molecule has 0 saturated heterocycles. The number of hydrogen-bond donors (Lipinski definition) is 1. The molecule has 0 amide bonds. The van der Waals surface area contributed by atoms with Gasteiger partial charge in [-0.05, 0) is 23.6 Å². The van der Waals surface area contributed by atoms with E-state index in [9.17, 15) is 4.79 Å². The van der Waals surface area contributed by atoms with Gasteiger partial charge in [0.25, 0.3) is 0 Å². The highest BCUT2D eigenvalue weighted by atomic mass is 32.1. The molecule has 0 atom stereocenters. The predicted octanol–water partition coefficient (Wildman–Crippen LogP) is 2.27. The van der Waals surface area contributed by atoms with Crippen molar-refractivity contribution in [2.24, 2.45) is 5.10 Å². The van der Waals surface area contributed by atoms with Gasteiger partial charge >= 0.3 is 5.69 Å². The van der Waals surface area contributed by atoms with Gasteiger partial charge in [-0.15, -0.1) is 11.3 Å². The van der Waals surface area contributed by atoms with Crippen LogP contribution in [0.5, 0.6) is 0 Å². The lowest BCUT2D eigenvalue weighted by molar-refractivity contribution is 0.864. The molecule has 0 spiro atoms. The molecule has 0 unspecified atom stereocenters. The largest absolute Gasteiger partial charge is 0.347 e. The van der Waals surface area contributed by atoms with Crippen molar-refractivity contribution >= 4 is 28.6 Å². The Balaban J connectivity index is 2.11. The molecule has 0 fully saturated rings. The summed E-state index contributed by atoms with van der Waals surface area (Å²) in [6, 6.07) is 11.4. The Bertz CT molecular complexity index is 722. The maximum Gasteiger partial charge on any atom is 0.347 e. The monoisotopic (exact) mass is 243 g/mol. The fraction of sp³-hybridized carbons (Fsp3) is 0. The summed E-state index contributed by atoms with van der Waals surface area (Å²) in [6.07, 6.45) is 1.69. The summed E-state index contributed by atoms with van der Waals surface area (Å²) in [5, 5.41) is 6.17. The van der Waals surface area contributed by atoms with Crippen molar-refractivity contribution in [1.82, 2.24) is 9.66 Å². The van der Waals surface area contributed by atoms with Crippen molar-refractivity contribution in [3.63, 3.8) is 0 Å². The van der Waals surface area contributed by atoms with Gasteiger partial charge in [0.2, 0.25) is 0 Å². The molecule has 0 aliphatic rings. The van der Waals surface area contributed by atoms with Crippen molar-refractivity contribution in [3.8, 4) is 0 Å². The van der Waals surface area contributed by atoms with Crippen molar-refractivity contribution in [1.29, 1.82) is 0 Å². The number of rotatable bonds is 2. The standard InChI is InChI=1S/C12H9N3OS/c16-12-14-10-5-1-2-6-11(10)15(12)13-8-9-4-3-7-17-9/h1-8H,(H,14,16)/b13-8-. The molecule has 0 bridgehead atoms. The van der Waals surface area contributed by atoms with Crippen LogP contribution in [0.3, 0.4) is 0 Å². The van der Waals surface area contributed by atoms with Crippen LogP contribution in [0, 0.1) is 0 Å². The fourth-order valence-electron chi connectivity index (χ4n) is 1.64. The molecular weight excluding hydrogens is 234 g/mol. The lowest BCUT2D eigenvalue weighted by atomic mass is 10.3. The van der Waals surface area contributed by atoms with Crippen molar-refractivity contribution < 1.29 is 0 Å². The Labute approximate surface area is 101 Å². The smallest absolute Gasteiger partial charge is 0.304 e. The molecule has 5 heteroatoms. The van der Waals surface area contributed by atoms with Gasteiger partial charge in [0.05, 0.1) is 17.2 Å². The molecule has 3 aromatic rings. The molecule has 2 heterocycles. The van der Waals surface area contributed by atoms with E-state index >= 15 is 0 Å². The van der Waals surface area contributed by atoms with Crippen LogP contribution in [0.2, 0.25) is 0 Å². The summed E-state index contributed by atoms with van der Waals surface area (Å²) in [6.45, 7) is 0. The summed E-state index contributed by atoms with van der Waals surface area (Å²) in [5.74, 6) is 0. The van der Waals surface area contributed by atoms with Crippen LogP contribution >= 0.6 is 11.3 Å². The molecular formula is C12H9N3OS. The third kappa shape index (κ3) is 1.81. The molecule has 0 radical (unpaired) electrons. The first-order valence-electron chi connectivity index (χ1n) is 5.12. The normalized spacial score (nSPS) is 11.5. The first kappa shape index (κ1) is 10.0. The van der Waals surface area contributed by atoms with Gasteiger partial charge in [-0.25, -0.2) is 4.79 Å². The van der Waals surface area contributed by atoms with Crippen LogP contribution < -0.4 is 5.69 Å². The molecule has 84 valence electrons. The van der Waals surface area contributed by atoms with E-state index in [1.807, 2.05) is 41.8 Å². The van der Waals surface area contributed by atoms with Crippen LogP contribution in [0.15, 0.2) is 51.7 Å². The Morgan fingerprint density at radius 1 is 1.24 bits per heavy atom. The average Bonchev–Trinajstić information content (AvgIpc) is 2.93. The highest BCUT2D eigenvalue weighted by Gasteiger charge is 2.03. The van der Waals surface area contributed by atoms with E-state index in [-0.39, 0.29) is 5.69 Å². The van der Waals surface area contributed by atoms with Crippen molar-refractivity contribution in [2.45, 2.75) is 0 Å². The lowest BCUT2D eigenvalue weighted by Gasteiger charge is -1.92. The van der Waals surface area contributed by atoms with Crippen LogP contribution in [0.25, 0.3) is 11.0 Å². The number of thiophene rings is 1. The van der Waals surface area contributed by atoms with E-state index in [4.69, 9.17) is 0 Å². The number of benzene rings is 1. The lowest BCUT2D eigenvalue weighted by Crippen LogP contribution is -2.12. The Morgan fingerprint density at radius 2 is 2.12 bits per heavy atom. The van der Waals surface area contributed by atoms with E-state index in [1.54, 1.807) is 17.6 Å². The van der Waals surface area contributed by atoms with E-state index in [0.717, 1.165) is 15.9 Å². The van der Waals surface area contributed by atoms with Gasteiger partial charge in [0.15, 0.2) is 0 Å². The maximum atomic E-state index is 11.7. The summed E-state index contributed by atoms with van der Waals surface area (Å²) in [4.78, 5) is 15.5. The number of aromatic nitrogens is 2. The van der Waals surface area contributed by atoms with Gasteiger partial charge in [0.1, 0.15) is 0 Å². The molecule has 1 aromatic carbocycles. The quantitative estimate of drug-likeness (QED) is 0.690. The second-order valence-corrected chi connectivity index (χ2v) is 4.50. The molecule has 2 aromatic heterocycles. The highest BCUT2D eigenvalue weighted by molar-refractivity contribution is 7.11. The van der Waals surface area contributed by atoms with Crippen molar-refractivity contribution in [2.75, 3.05) is 0 Å². The summed E-state index contributed by atoms with van der Waals surface area (Å²) >= 11 is 1.58. The molecule has 17 heavy (non-hydrogen) atoms. The van der Waals surface area contributed by atoms with E-state index < -0.39 is 0 Å². The summed E-state index contributed by atoms with van der Waals surface area (Å²) in [5.41, 5.74) is 1.35. The Morgan fingerprint density at radius 3 is 2.94 bits per heavy atom. The first-order valence-corrected chi connectivity index (χ1v) is 6.00. The van der Waals surface area contributed by atoms with E-state index in [2.05, 4.69) is 10.1 Å². The van der Waals surface area contributed by atoms with Gasteiger partial charge in [0, 0.05) is 4.88 Å². The second-order valence-electron chi connectivity index (χ2n) is 3.52. The molecule has 1 N–H and O–H groups in total. The van der Waals surface area contributed by atoms with Gasteiger partial charge in [-0.2, -0.15) is 9.78 Å². The average molecular weight is 243 g/mol. The van der Waals surface area contributed by atoms with E-state index in [0.29, 0.717) is 0 Å². The first-order chi connectivity index (χ1) is 8.34. The Hall–Kier alpha value is -2.14. The SMILES string of the molecule is O=c1[nH]c2ccccc2n1/N=C\c1cccs1.